The number of halogens is 1. The number of hydrogen-bond acceptors (Lipinski definition) is 4. The first-order chi connectivity index (χ1) is 12.2. The van der Waals surface area contributed by atoms with Crippen LogP contribution in [0.2, 0.25) is 0 Å². The van der Waals surface area contributed by atoms with Crippen LogP contribution < -0.4 is 16.6 Å². The Kier molecular flexibility index (Phi) is 3.80. The molecular formula is C19H18BrN3O3. The molecule has 2 aliphatic rings. The summed E-state index contributed by atoms with van der Waals surface area (Å²) in [5, 5.41) is 3.15. The number of hydrogen-bond donors (Lipinski definition) is 3. The molecule has 4 rings (SSSR count). The Morgan fingerprint density at radius 1 is 1.04 bits per heavy atom. The first-order valence-corrected chi connectivity index (χ1v) is 9.20. The monoisotopic (exact) mass is 415 g/mol. The molecule has 0 saturated carbocycles. The first-order valence-electron chi connectivity index (χ1n) is 8.40. The second-order valence-electron chi connectivity index (χ2n) is 7.64. The standard InChI is InChI=1S/C19H18BrN3O3/c1-19(2)7-11-14(12(24)8-19)13(9-3-5-10(20)6-4-9)15-16(21-11)22-18(26)23-17(15)25/h3-6,13H,7-8H2,1-2H3,(H3,21,22,23,25,26). The second kappa shape index (κ2) is 5.81. The molecule has 3 N–H and O–H groups in total. The van der Waals surface area contributed by atoms with Crippen molar-refractivity contribution in [2.75, 3.05) is 5.32 Å². The lowest BCUT2D eigenvalue weighted by Crippen LogP contribution is -2.38. The number of carbonyl (C=O) groups is 1. The van der Waals surface area contributed by atoms with Crippen LogP contribution in [0.5, 0.6) is 0 Å². The van der Waals surface area contributed by atoms with Gasteiger partial charge in [-0.1, -0.05) is 41.9 Å². The van der Waals surface area contributed by atoms with Gasteiger partial charge < -0.3 is 5.32 Å². The van der Waals surface area contributed by atoms with E-state index in [9.17, 15) is 14.4 Å². The lowest BCUT2D eigenvalue weighted by Gasteiger charge is -2.38. The van der Waals surface area contributed by atoms with E-state index in [4.69, 9.17) is 0 Å². The van der Waals surface area contributed by atoms with Gasteiger partial charge in [0.15, 0.2) is 5.78 Å². The molecule has 2 heterocycles. The molecule has 1 aliphatic carbocycles. The van der Waals surface area contributed by atoms with E-state index in [1.807, 2.05) is 38.1 Å². The molecule has 1 atom stereocenters. The third-order valence-corrected chi connectivity index (χ3v) is 5.48. The van der Waals surface area contributed by atoms with Crippen molar-refractivity contribution >= 4 is 27.5 Å². The van der Waals surface area contributed by atoms with Crippen molar-refractivity contribution in [2.24, 2.45) is 5.41 Å². The minimum Gasteiger partial charge on any atom is -0.344 e. The molecule has 0 saturated heterocycles. The summed E-state index contributed by atoms with van der Waals surface area (Å²) in [5.74, 6) is -0.0950. The molecular weight excluding hydrogens is 398 g/mol. The Bertz CT molecular complexity index is 1060. The average molecular weight is 416 g/mol. The van der Waals surface area contributed by atoms with Crippen LogP contribution in [0.25, 0.3) is 0 Å². The van der Waals surface area contributed by atoms with E-state index in [0.29, 0.717) is 29.8 Å². The summed E-state index contributed by atoms with van der Waals surface area (Å²) in [5.41, 5.74) is 1.40. The minimum atomic E-state index is -0.568. The number of benzene rings is 1. The molecule has 7 heteroatoms. The number of fused-ring (bicyclic) bond motifs is 1. The predicted octanol–water partition coefficient (Wildman–Crippen LogP) is 3.03. The summed E-state index contributed by atoms with van der Waals surface area (Å²) < 4.78 is 0.913. The number of H-pyrrole nitrogens is 2. The number of allylic oxidation sites excluding steroid dienone is 2. The van der Waals surface area contributed by atoms with Gasteiger partial charge in [-0.3, -0.25) is 19.6 Å². The number of Topliss-reactive ketones (excluding diaryl/α,β-unsaturated/α-hetero) is 1. The molecule has 0 radical (unpaired) electrons. The van der Waals surface area contributed by atoms with Crippen molar-refractivity contribution in [3.05, 3.63) is 72.0 Å². The van der Waals surface area contributed by atoms with Crippen molar-refractivity contribution < 1.29 is 4.79 Å². The molecule has 134 valence electrons. The first kappa shape index (κ1) is 17.0. The Morgan fingerprint density at radius 2 is 1.73 bits per heavy atom. The Morgan fingerprint density at radius 3 is 2.42 bits per heavy atom. The number of aromatic amines is 2. The SMILES string of the molecule is CC1(C)CC(=O)C2=C(C1)Nc1[nH]c(=O)[nH]c(=O)c1C2c1ccc(Br)cc1. The van der Waals surface area contributed by atoms with E-state index in [-0.39, 0.29) is 11.2 Å². The lowest BCUT2D eigenvalue weighted by molar-refractivity contribution is -0.118. The zero-order chi connectivity index (χ0) is 18.6. The summed E-state index contributed by atoms with van der Waals surface area (Å²) in [6, 6.07) is 7.56. The Labute approximate surface area is 157 Å². The molecule has 0 spiro atoms. The molecule has 0 bridgehead atoms. The van der Waals surface area contributed by atoms with E-state index in [1.54, 1.807) is 0 Å². The summed E-state index contributed by atoms with van der Waals surface area (Å²) in [6.45, 7) is 4.09. The van der Waals surface area contributed by atoms with Crippen molar-refractivity contribution in [1.82, 2.24) is 9.97 Å². The van der Waals surface area contributed by atoms with Crippen molar-refractivity contribution in [3.8, 4) is 0 Å². The van der Waals surface area contributed by atoms with Gasteiger partial charge in [0.05, 0.1) is 5.56 Å². The smallest absolute Gasteiger partial charge is 0.327 e. The fourth-order valence-electron chi connectivity index (χ4n) is 3.94. The highest BCUT2D eigenvalue weighted by Gasteiger charge is 2.42. The van der Waals surface area contributed by atoms with Crippen molar-refractivity contribution in [3.63, 3.8) is 0 Å². The van der Waals surface area contributed by atoms with Crippen molar-refractivity contribution in [1.29, 1.82) is 0 Å². The number of nitrogens with one attached hydrogen (secondary N) is 3. The maximum atomic E-state index is 13.0. The maximum absolute atomic E-state index is 13.0. The van der Waals surface area contributed by atoms with E-state index >= 15 is 0 Å². The molecule has 1 aromatic carbocycles. The van der Waals surface area contributed by atoms with Gasteiger partial charge >= 0.3 is 5.69 Å². The number of anilines is 1. The van der Waals surface area contributed by atoms with Gasteiger partial charge in [-0.25, -0.2) is 4.79 Å². The molecule has 1 aromatic heterocycles. The number of carbonyl (C=O) groups excluding carboxylic acids is 1. The molecule has 26 heavy (non-hydrogen) atoms. The average Bonchev–Trinajstić information content (AvgIpc) is 2.52. The fourth-order valence-corrected chi connectivity index (χ4v) is 4.20. The largest absolute Gasteiger partial charge is 0.344 e. The van der Waals surface area contributed by atoms with Crippen LogP contribution in [0.1, 0.15) is 43.7 Å². The van der Waals surface area contributed by atoms with Crippen LogP contribution in [0, 0.1) is 5.41 Å². The predicted molar refractivity (Wildman–Crippen MR) is 102 cm³/mol. The molecule has 6 nitrogen and oxygen atoms in total. The van der Waals surface area contributed by atoms with Gasteiger partial charge in [-0.2, -0.15) is 0 Å². The van der Waals surface area contributed by atoms with Gasteiger partial charge in [-0.05, 0) is 29.5 Å². The molecule has 0 amide bonds. The number of aromatic nitrogens is 2. The highest BCUT2D eigenvalue weighted by Crippen LogP contribution is 2.47. The van der Waals surface area contributed by atoms with Crippen LogP contribution in [0.3, 0.4) is 0 Å². The van der Waals surface area contributed by atoms with Gasteiger partial charge in [0, 0.05) is 28.1 Å². The minimum absolute atomic E-state index is 0.0351. The fraction of sp³-hybridized carbons (Fsp3) is 0.316. The third kappa shape index (κ3) is 2.76. The van der Waals surface area contributed by atoms with Crippen LogP contribution in [0.15, 0.2) is 49.6 Å². The second-order valence-corrected chi connectivity index (χ2v) is 8.56. The van der Waals surface area contributed by atoms with E-state index in [0.717, 1.165) is 15.7 Å². The van der Waals surface area contributed by atoms with Crippen LogP contribution >= 0.6 is 15.9 Å². The number of rotatable bonds is 1. The Hall–Kier alpha value is -2.41. The van der Waals surface area contributed by atoms with Crippen molar-refractivity contribution in [2.45, 2.75) is 32.6 Å². The van der Waals surface area contributed by atoms with Crippen LogP contribution in [-0.2, 0) is 4.79 Å². The van der Waals surface area contributed by atoms with E-state index in [2.05, 4.69) is 31.2 Å². The Balaban J connectivity index is 2.00. The summed E-state index contributed by atoms with van der Waals surface area (Å²) in [6.07, 6.45) is 1.10. The van der Waals surface area contributed by atoms with Crippen LogP contribution in [-0.4, -0.2) is 15.8 Å². The maximum Gasteiger partial charge on any atom is 0.327 e. The van der Waals surface area contributed by atoms with Gasteiger partial charge in [-0.15, -0.1) is 0 Å². The number of ketones is 1. The summed E-state index contributed by atoms with van der Waals surface area (Å²) in [7, 11) is 0. The normalized spacial score (nSPS) is 21.0. The highest BCUT2D eigenvalue weighted by atomic mass is 79.9. The summed E-state index contributed by atoms with van der Waals surface area (Å²) >= 11 is 3.41. The van der Waals surface area contributed by atoms with E-state index in [1.165, 1.54) is 0 Å². The molecule has 2 aromatic rings. The van der Waals surface area contributed by atoms with Crippen LogP contribution in [0.4, 0.5) is 5.82 Å². The van der Waals surface area contributed by atoms with Gasteiger partial charge in [0.2, 0.25) is 0 Å². The quantitative estimate of drug-likeness (QED) is 0.666. The third-order valence-electron chi connectivity index (χ3n) is 4.96. The van der Waals surface area contributed by atoms with E-state index < -0.39 is 17.2 Å². The molecule has 1 aliphatic heterocycles. The zero-order valence-electron chi connectivity index (χ0n) is 14.4. The molecule has 0 fully saturated rings. The topological polar surface area (TPSA) is 94.8 Å². The van der Waals surface area contributed by atoms with Gasteiger partial charge in [0.1, 0.15) is 5.82 Å². The highest BCUT2D eigenvalue weighted by molar-refractivity contribution is 9.10. The van der Waals surface area contributed by atoms with Gasteiger partial charge in [0.25, 0.3) is 5.56 Å². The summed E-state index contributed by atoms with van der Waals surface area (Å²) in [4.78, 5) is 42.3. The lowest BCUT2D eigenvalue weighted by atomic mass is 9.69. The molecule has 1 unspecified atom stereocenters. The zero-order valence-corrected chi connectivity index (χ0v) is 16.0.